The first-order chi connectivity index (χ1) is 10.3. The molecule has 3 rings (SSSR count). The van der Waals surface area contributed by atoms with E-state index in [0.717, 1.165) is 16.9 Å². The molecule has 3 heteroatoms. The predicted octanol–water partition coefficient (Wildman–Crippen LogP) is 4.34. The number of ether oxygens (including phenoxy) is 1. The van der Waals surface area contributed by atoms with Crippen LogP contribution in [0.5, 0.6) is 5.75 Å². The molecule has 104 valence electrons. The van der Waals surface area contributed by atoms with Crippen LogP contribution in [0.25, 0.3) is 11.3 Å². The molecule has 0 saturated carbocycles. The van der Waals surface area contributed by atoms with Gasteiger partial charge in [0.15, 0.2) is 12.0 Å². The molecule has 0 saturated heterocycles. The molecule has 3 nitrogen and oxygen atoms in total. The van der Waals surface area contributed by atoms with E-state index in [1.54, 1.807) is 12.1 Å². The van der Waals surface area contributed by atoms with Gasteiger partial charge < -0.3 is 9.15 Å². The summed E-state index contributed by atoms with van der Waals surface area (Å²) >= 11 is 0. The molecule has 3 aromatic rings. The molecular weight excluding hydrogens is 264 g/mol. The third-order valence-corrected chi connectivity index (χ3v) is 3.10. The molecule has 0 amide bonds. The topological polar surface area (TPSA) is 39.4 Å². The van der Waals surface area contributed by atoms with Crippen LogP contribution in [0.1, 0.15) is 16.1 Å². The van der Waals surface area contributed by atoms with Crippen LogP contribution in [-0.4, -0.2) is 6.29 Å². The smallest absolute Gasteiger partial charge is 0.185 e. The largest absolute Gasteiger partial charge is 0.489 e. The summed E-state index contributed by atoms with van der Waals surface area (Å²) in [4.78, 5) is 10.7. The zero-order valence-corrected chi connectivity index (χ0v) is 11.4. The molecule has 0 aliphatic heterocycles. The van der Waals surface area contributed by atoms with E-state index in [-0.39, 0.29) is 0 Å². The molecule has 0 aliphatic rings. The summed E-state index contributed by atoms with van der Waals surface area (Å²) in [6.45, 7) is 0.485. The monoisotopic (exact) mass is 278 g/mol. The second-order valence-corrected chi connectivity index (χ2v) is 4.62. The Bertz CT molecular complexity index is 729. The van der Waals surface area contributed by atoms with Crippen LogP contribution in [0.15, 0.2) is 71.1 Å². The van der Waals surface area contributed by atoms with E-state index in [9.17, 15) is 4.79 Å². The molecule has 0 aliphatic carbocycles. The van der Waals surface area contributed by atoms with Crippen molar-refractivity contribution in [3.8, 4) is 17.1 Å². The molecule has 0 unspecified atom stereocenters. The molecule has 1 heterocycles. The lowest BCUT2D eigenvalue weighted by Crippen LogP contribution is -1.95. The van der Waals surface area contributed by atoms with Gasteiger partial charge in [0.2, 0.25) is 0 Å². The summed E-state index contributed by atoms with van der Waals surface area (Å²) < 4.78 is 11.2. The first-order valence-corrected chi connectivity index (χ1v) is 6.67. The zero-order valence-electron chi connectivity index (χ0n) is 11.4. The second-order valence-electron chi connectivity index (χ2n) is 4.62. The highest BCUT2D eigenvalue weighted by Gasteiger charge is 2.05. The van der Waals surface area contributed by atoms with E-state index >= 15 is 0 Å². The number of rotatable bonds is 5. The summed E-state index contributed by atoms with van der Waals surface area (Å²) in [5.74, 6) is 1.85. The van der Waals surface area contributed by atoms with Crippen molar-refractivity contribution in [2.75, 3.05) is 0 Å². The molecule has 21 heavy (non-hydrogen) atoms. The fraction of sp³-hybridized carbons (Fsp3) is 0.0556. The average Bonchev–Trinajstić information content (AvgIpc) is 3.03. The Morgan fingerprint density at radius 2 is 1.81 bits per heavy atom. The van der Waals surface area contributed by atoms with Crippen LogP contribution in [-0.2, 0) is 6.61 Å². The minimum absolute atomic E-state index is 0.330. The summed E-state index contributed by atoms with van der Waals surface area (Å²) in [5.41, 5.74) is 1.97. The fourth-order valence-electron chi connectivity index (χ4n) is 2.07. The number of para-hydroxylation sites is 1. The maximum Gasteiger partial charge on any atom is 0.185 e. The number of carbonyl (C=O) groups excluding carboxylic acids is 1. The van der Waals surface area contributed by atoms with Crippen LogP contribution in [0.2, 0.25) is 0 Å². The first-order valence-electron chi connectivity index (χ1n) is 6.67. The van der Waals surface area contributed by atoms with Gasteiger partial charge in [-0.3, -0.25) is 4.79 Å². The molecular formula is C18H14O3. The highest BCUT2D eigenvalue weighted by Crippen LogP contribution is 2.23. The van der Waals surface area contributed by atoms with Crippen molar-refractivity contribution in [2.45, 2.75) is 6.61 Å². The summed E-state index contributed by atoms with van der Waals surface area (Å²) in [6, 6.07) is 21.0. The third-order valence-electron chi connectivity index (χ3n) is 3.10. The maximum atomic E-state index is 10.7. The molecule has 2 aromatic carbocycles. The maximum absolute atomic E-state index is 10.7. The minimum Gasteiger partial charge on any atom is -0.489 e. The fourth-order valence-corrected chi connectivity index (χ4v) is 2.07. The Balaban J connectivity index is 1.75. The Hall–Kier alpha value is -2.81. The van der Waals surface area contributed by atoms with Crippen molar-refractivity contribution in [3.63, 3.8) is 0 Å². The van der Waals surface area contributed by atoms with Gasteiger partial charge in [-0.2, -0.15) is 0 Å². The molecule has 0 atom stereocenters. The first kappa shape index (κ1) is 13.2. The van der Waals surface area contributed by atoms with Crippen molar-refractivity contribution in [3.05, 3.63) is 78.1 Å². The van der Waals surface area contributed by atoms with Crippen LogP contribution in [0.3, 0.4) is 0 Å². The van der Waals surface area contributed by atoms with Gasteiger partial charge in [-0.05, 0) is 35.9 Å². The molecule has 0 radical (unpaired) electrons. The van der Waals surface area contributed by atoms with Crippen LogP contribution in [0, 0.1) is 0 Å². The Kier molecular flexibility index (Phi) is 3.83. The number of hydrogen-bond acceptors (Lipinski definition) is 3. The SMILES string of the molecule is O=Cc1ccc(-c2cccc(COc3ccccc3)c2)o1. The third kappa shape index (κ3) is 3.20. The van der Waals surface area contributed by atoms with E-state index in [1.165, 1.54) is 0 Å². The van der Waals surface area contributed by atoms with Crippen molar-refractivity contribution in [1.29, 1.82) is 0 Å². The van der Waals surface area contributed by atoms with Gasteiger partial charge in [-0.25, -0.2) is 0 Å². The second kappa shape index (κ2) is 6.09. The van der Waals surface area contributed by atoms with E-state index < -0.39 is 0 Å². The average molecular weight is 278 g/mol. The van der Waals surface area contributed by atoms with Crippen molar-refractivity contribution in [1.82, 2.24) is 0 Å². The minimum atomic E-state index is 0.330. The standard InChI is InChI=1S/C18H14O3/c19-12-17-9-10-18(21-17)15-6-4-5-14(11-15)13-20-16-7-2-1-3-8-16/h1-12H,13H2. The van der Waals surface area contributed by atoms with E-state index in [2.05, 4.69) is 0 Å². The van der Waals surface area contributed by atoms with Gasteiger partial charge in [0.25, 0.3) is 0 Å². The number of hydrogen-bond donors (Lipinski definition) is 0. The number of carbonyl (C=O) groups is 1. The molecule has 0 N–H and O–H groups in total. The van der Waals surface area contributed by atoms with Crippen molar-refractivity contribution in [2.24, 2.45) is 0 Å². The highest BCUT2D eigenvalue weighted by molar-refractivity contribution is 5.72. The summed E-state index contributed by atoms with van der Waals surface area (Å²) in [6.07, 6.45) is 0.700. The summed E-state index contributed by atoms with van der Waals surface area (Å²) in [5, 5.41) is 0. The van der Waals surface area contributed by atoms with Gasteiger partial charge in [-0.1, -0.05) is 36.4 Å². The van der Waals surface area contributed by atoms with Gasteiger partial charge in [0.05, 0.1) is 0 Å². The Labute approximate surface area is 122 Å². The number of benzene rings is 2. The summed E-state index contributed by atoms with van der Waals surface area (Å²) in [7, 11) is 0. The molecule has 0 spiro atoms. The van der Waals surface area contributed by atoms with Crippen LogP contribution < -0.4 is 4.74 Å². The van der Waals surface area contributed by atoms with E-state index in [4.69, 9.17) is 9.15 Å². The normalized spacial score (nSPS) is 10.3. The van der Waals surface area contributed by atoms with Gasteiger partial charge in [-0.15, -0.1) is 0 Å². The molecule has 0 bridgehead atoms. The number of aldehydes is 1. The van der Waals surface area contributed by atoms with Gasteiger partial charge in [0, 0.05) is 5.56 Å². The zero-order chi connectivity index (χ0) is 14.5. The van der Waals surface area contributed by atoms with Crippen LogP contribution >= 0.6 is 0 Å². The lowest BCUT2D eigenvalue weighted by Gasteiger charge is -2.07. The highest BCUT2D eigenvalue weighted by atomic mass is 16.5. The van der Waals surface area contributed by atoms with Crippen molar-refractivity contribution < 1.29 is 13.9 Å². The predicted molar refractivity (Wildman–Crippen MR) is 80.3 cm³/mol. The van der Waals surface area contributed by atoms with E-state index in [1.807, 2.05) is 54.6 Å². The lowest BCUT2D eigenvalue weighted by atomic mass is 10.1. The van der Waals surface area contributed by atoms with Gasteiger partial charge >= 0.3 is 0 Å². The Morgan fingerprint density at radius 1 is 0.952 bits per heavy atom. The lowest BCUT2D eigenvalue weighted by molar-refractivity contribution is 0.110. The van der Waals surface area contributed by atoms with E-state index in [0.29, 0.717) is 24.4 Å². The molecule has 1 aromatic heterocycles. The quantitative estimate of drug-likeness (QED) is 0.652. The molecule has 0 fully saturated rings. The van der Waals surface area contributed by atoms with Crippen molar-refractivity contribution >= 4 is 6.29 Å². The Morgan fingerprint density at radius 3 is 2.57 bits per heavy atom. The van der Waals surface area contributed by atoms with Gasteiger partial charge in [0.1, 0.15) is 18.1 Å². The number of furan rings is 1. The van der Waals surface area contributed by atoms with Crippen LogP contribution in [0.4, 0.5) is 0 Å².